The van der Waals surface area contributed by atoms with Crippen LogP contribution >= 0.6 is 12.2 Å². The Morgan fingerprint density at radius 1 is 1.04 bits per heavy atom. The number of nitrogens with one attached hydrogen (secondary N) is 3. The van der Waals surface area contributed by atoms with E-state index in [0.717, 1.165) is 22.3 Å². The van der Waals surface area contributed by atoms with Gasteiger partial charge in [0.15, 0.2) is 10.9 Å². The zero-order chi connectivity index (χ0) is 20.1. The minimum Gasteiger partial charge on any atom is -0.497 e. The van der Waals surface area contributed by atoms with Crippen LogP contribution in [0.15, 0.2) is 46.9 Å². The fourth-order valence-electron chi connectivity index (χ4n) is 2.68. The molecule has 0 unspecified atom stereocenters. The van der Waals surface area contributed by atoms with E-state index in [4.69, 9.17) is 26.1 Å². The maximum Gasteiger partial charge on any atom is 0.305 e. The Hall–Kier alpha value is -3.26. The highest BCUT2D eigenvalue weighted by Crippen LogP contribution is 2.28. The van der Waals surface area contributed by atoms with Crippen LogP contribution in [0.25, 0.3) is 11.0 Å². The second-order valence-electron chi connectivity index (χ2n) is 6.03. The third kappa shape index (κ3) is 4.34. The molecular weight excluding hydrogens is 378 g/mol. The number of aryl methyl sites for hydroxylation is 1. The summed E-state index contributed by atoms with van der Waals surface area (Å²) < 4.78 is 16.0. The first-order chi connectivity index (χ1) is 13.5. The van der Waals surface area contributed by atoms with Crippen LogP contribution in [0.5, 0.6) is 11.5 Å². The number of hydrogen-bond acceptors (Lipinski definition) is 5. The van der Waals surface area contributed by atoms with Crippen LogP contribution in [0.2, 0.25) is 0 Å². The molecule has 0 aliphatic rings. The summed E-state index contributed by atoms with van der Waals surface area (Å²) in [6, 6.07) is 13.0. The van der Waals surface area contributed by atoms with E-state index in [-0.39, 0.29) is 5.76 Å². The van der Waals surface area contributed by atoms with Crippen LogP contribution in [0.1, 0.15) is 21.7 Å². The van der Waals surface area contributed by atoms with Crippen molar-refractivity contribution in [3.8, 4) is 11.5 Å². The summed E-state index contributed by atoms with van der Waals surface area (Å²) >= 11 is 5.19. The third-order valence-corrected chi connectivity index (χ3v) is 4.50. The predicted octanol–water partition coefficient (Wildman–Crippen LogP) is 3.07. The number of ether oxygens (including phenoxy) is 2. The van der Waals surface area contributed by atoms with Crippen LogP contribution in [-0.2, 0) is 6.54 Å². The van der Waals surface area contributed by atoms with E-state index in [0.29, 0.717) is 23.0 Å². The largest absolute Gasteiger partial charge is 0.497 e. The van der Waals surface area contributed by atoms with Crippen molar-refractivity contribution in [3.05, 3.63) is 59.4 Å². The van der Waals surface area contributed by atoms with Gasteiger partial charge in [-0.25, -0.2) is 0 Å². The summed E-state index contributed by atoms with van der Waals surface area (Å²) in [5.41, 5.74) is 7.59. The first-order valence-electron chi connectivity index (χ1n) is 8.56. The van der Waals surface area contributed by atoms with E-state index in [1.165, 1.54) is 0 Å². The zero-order valence-corrected chi connectivity index (χ0v) is 16.6. The van der Waals surface area contributed by atoms with Gasteiger partial charge in [-0.2, -0.15) is 0 Å². The molecule has 146 valence electrons. The van der Waals surface area contributed by atoms with Crippen LogP contribution < -0.4 is 25.6 Å². The maximum absolute atomic E-state index is 12.4. The van der Waals surface area contributed by atoms with Gasteiger partial charge in [0.25, 0.3) is 0 Å². The highest BCUT2D eigenvalue weighted by molar-refractivity contribution is 7.80. The second kappa shape index (κ2) is 8.62. The van der Waals surface area contributed by atoms with E-state index < -0.39 is 5.91 Å². The monoisotopic (exact) mass is 399 g/mol. The minimum absolute atomic E-state index is 0.216. The normalized spacial score (nSPS) is 10.4. The fourth-order valence-corrected chi connectivity index (χ4v) is 2.81. The third-order valence-electron chi connectivity index (χ3n) is 4.25. The van der Waals surface area contributed by atoms with Gasteiger partial charge in [0, 0.05) is 17.5 Å². The molecule has 7 nitrogen and oxygen atoms in total. The molecule has 1 aromatic heterocycles. The molecule has 1 amide bonds. The van der Waals surface area contributed by atoms with Gasteiger partial charge in [-0.15, -0.1) is 0 Å². The summed E-state index contributed by atoms with van der Waals surface area (Å²) in [4.78, 5) is 12.4. The lowest BCUT2D eigenvalue weighted by Crippen LogP contribution is -2.46. The molecule has 8 heteroatoms. The summed E-state index contributed by atoms with van der Waals surface area (Å²) in [6.07, 6.45) is 0. The fraction of sp³-hybridized carbons (Fsp3) is 0.200. The lowest BCUT2D eigenvalue weighted by molar-refractivity contribution is 0.0917. The van der Waals surface area contributed by atoms with E-state index in [9.17, 15) is 4.79 Å². The first kappa shape index (κ1) is 19.5. The summed E-state index contributed by atoms with van der Waals surface area (Å²) in [5, 5.41) is 4.13. The van der Waals surface area contributed by atoms with Gasteiger partial charge in [-0.05, 0) is 55.0 Å². The maximum atomic E-state index is 12.4. The molecule has 0 radical (unpaired) electrons. The Morgan fingerprint density at radius 3 is 2.39 bits per heavy atom. The van der Waals surface area contributed by atoms with Gasteiger partial charge >= 0.3 is 5.91 Å². The van der Waals surface area contributed by atoms with Crippen LogP contribution in [0.3, 0.4) is 0 Å². The van der Waals surface area contributed by atoms with Crippen LogP contribution in [0.4, 0.5) is 0 Å². The van der Waals surface area contributed by atoms with Gasteiger partial charge in [-0.1, -0.05) is 12.1 Å². The quantitative estimate of drug-likeness (QED) is 0.449. The number of rotatable bonds is 5. The van der Waals surface area contributed by atoms with E-state index >= 15 is 0 Å². The van der Waals surface area contributed by atoms with Gasteiger partial charge in [-0.3, -0.25) is 15.6 Å². The number of amides is 1. The molecule has 0 bridgehead atoms. The minimum atomic E-state index is -0.415. The summed E-state index contributed by atoms with van der Waals surface area (Å²) in [7, 11) is 3.21. The van der Waals surface area contributed by atoms with E-state index in [1.807, 2.05) is 37.3 Å². The molecule has 0 aliphatic heterocycles. The van der Waals surface area contributed by atoms with Crippen molar-refractivity contribution in [1.29, 1.82) is 0 Å². The molecule has 2 aromatic carbocycles. The number of hydrazine groups is 1. The number of methoxy groups -OCH3 is 2. The molecule has 0 saturated heterocycles. The van der Waals surface area contributed by atoms with Crippen molar-refractivity contribution in [2.24, 2.45) is 0 Å². The Labute approximate surface area is 168 Å². The summed E-state index contributed by atoms with van der Waals surface area (Å²) in [6.45, 7) is 2.33. The molecule has 0 saturated carbocycles. The molecule has 1 heterocycles. The number of benzene rings is 2. The standard InChI is InChI=1S/C20H21N3O4S/c1-12-16-10-15(26-3)8-9-17(16)27-18(12)19(24)22-23-20(28)21-11-13-4-6-14(25-2)7-5-13/h4-10H,11H2,1-3H3,(H,22,24)(H2,21,23,28). The number of fused-ring (bicyclic) bond motifs is 1. The van der Waals surface area contributed by atoms with Crippen molar-refractivity contribution in [2.75, 3.05) is 14.2 Å². The smallest absolute Gasteiger partial charge is 0.305 e. The summed E-state index contributed by atoms with van der Waals surface area (Å²) in [5.74, 6) is 1.29. The highest BCUT2D eigenvalue weighted by Gasteiger charge is 2.18. The van der Waals surface area contributed by atoms with Crippen LogP contribution in [-0.4, -0.2) is 25.2 Å². The number of hydrogen-bond donors (Lipinski definition) is 3. The molecule has 0 atom stereocenters. The topological polar surface area (TPSA) is 84.8 Å². The molecule has 0 fully saturated rings. The van der Waals surface area contributed by atoms with Crippen molar-refractivity contribution in [1.82, 2.24) is 16.2 Å². The Morgan fingerprint density at radius 2 is 1.71 bits per heavy atom. The average Bonchev–Trinajstić information content (AvgIpc) is 3.06. The number of thiocarbonyl (C=S) groups is 1. The van der Waals surface area contributed by atoms with E-state index in [1.54, 1.807) is 26.4 Å². The molecule has 0 spiro atoms. The average molecular weight is 399 g/mol. The molecule has 0 aliphatic carbocycles. The van der Waals surface area contributed by atoms with Gasteiger partial charge in [0.05, 0.1) is 14.2 Å². The Balaban J connectivity index is 1.56. The molecule has 3 N–H and O–H groups in total. The number of furan rings is 1. The van der Waals surface area contributed by atoms with Gasteiger partial charge in [0.2, 0.25) is 0 Å². The molecule has 3 aromatic rings. The first-order valence-corrected chi connectivity index (χ1v) is 8.97. The Bertz CT molecular complexity index is 999. The molecular formula is C20H21N3O4S. The van der Waals surface area contributed by atoms with Crippen molar-refractivity contribution in [3.63, 3.8) is 0 Å². The van der Waals surface area contributed by atoms with Gasteiger partial charge in [0.1, 0.15) is 17.1 Å². The lowest BCUT2D eigenvalue weighted by atomic mass is 10.1. The second-order valence-corrected chi connectivity index (χ2v) is 6.44. The van der Waals surface area contributed by atoms with Crippen molar-refractivity contribution in [2.45, 2.75) is 13.5 Å². The SMILES string of the molecule is COc1ccc(CNC(=S)NNC(=O)c2oc3ccc(OC)cc3c2C)cc1. The molecule has 3 rings (SSSR count). The van der Waals surface area contributed by atoms with Gasteiger partial charge < -0.3 is 19.2 Å². The number of carbonyl (C=O) groups is 1. The molecule has 28 heavy (non-hydrogen) atoms. The lowest BCUT2D eigenvalue weighted by Gasteiger charge is -2.11. The Kier molecular flexibility index (Phi) is 6.00. The highest BCUT2D eigenvalue weighted by atomic mass is 32.1. The number of carbonyl (C=O) groups excluding carboxylic acids is 1. The van der Waals surface area contributed by atoms with Crippen molar-refractivity contribution >= 4 is 34.2 Å². The predicted molar refractivity (Wildman–Crippen MR) is 111 cm³/mol. The van der Waals surface area contributed by atoms with E-state index in [2.05, 4.69) is 16.2 Å². The van der Waals surface area contributed by atoms with Crippen LogP contribution in [0, 0.1) is 6.92 Å². The zero-order valence-electron chi connectivity index (χ0n) is 15.8. The van der Waals surface area contributed by atoms with Crippen molar-refractivity contribution < 1.29 is 18.7 Å².